The van der Waals surface area contributed by atoms with Crippen LogP contribution in [0.4, 0.5) is 4.79 Å². The molecule has 7 nitrogen and oxygen atoms in total. The van der Waals surface area contributed by atoms with Crippen molar-refractivity contribution in [2.45, 2.75) is 57.0 Å². The summed E-state index contributed by atoms with van der Waals surface area (Å²) >= 11 is 3.14. The molecule has 31 heavy (non-hydrogen) atoms. The first-order valence-electron chi connectivity index (χ1n) is 10.3. The number of fused-ring (bicyclic) bond motifs is 1. The second-order valence-corrected chi connectivity index (χ2v) is 10.8. The number of hydrogen-bond acceptors (Lipinski definition) is 7. The van der Waals surface area contributed by atoms with E-state index < -0.39 is 11.7 Å². The number of hydrogen-bond donors (Lipinski definition) is 1. The maximum atomic E-state index is 12.4. The van der Waals surface area contributed by atoms with Crippen molar-refractivity contribution in [3.05, 3.63) is 47.8 Å². The van der Waals surface area contributed by atoms with Crippen LogP contribution in [0.25, 0.3) is 11.0 Å². The van der Waals surface area contributed by atoms with E-state index in [2.05, 4.69) is 58.7 Å². The van der Waals surface area contributed by atoms with Crippen LogP contribution in [0.2, 0.25) is 0 Å². The number of benzene rings is 1. The Labute approximate surface area is 191 Å². The Morgan fingerprint density at radius 3 is 2.68 bits per heavy atom. The van der Waals surface area contributed by atoms with Gasteiger partial charge in [-0.05, 0) is 38.7 Å². The standard InChI is InChI=1S/C22H29N5O2S2/c1-15(2)14-17(23-20(28)29-22(3,4)5)18-24-25-19-27(18)26-21(31-19)30-13-9-12-16-10-7-6-8-11-16/h6-12,15,17H,13-14H2,1-5H3,(H,23,28). The number of nitrogens with one attached hydrogen (secondary N) is 1. The molecule has 0 fully saturated rings. The molecule has 2 aromatic heterocycles. The smallest absolute Gasteiger partial charge is 0.408 e. The first-order valence-corrected chi connectivity index (χ1v) is 12.1. The number of rotatable bonds is 8. The highest BCUT2D eigenvalue weighted by molar-refractivity contribution is 8.01. The number of thioether (sulfide) groups is 1. The quantitative estimate of drug-likeness (QED) is 0.441. The highest BCUT2D eigenvalue weighted by atomic mass is 32.2. The van der Waals surface area contributed by atoms with E-state index in [1.807, 2.05) is 39.0 Å². The SMILES string of the molecule is CC(C)CC(NC(=O)OC(C)(C)C)c1nnc2sc(SCC=Cc3ccccc3)nn12. The van der Waals surface area contributed by atoms with Crippen LogP contribution in [0.3, 0.4) is 0 Å². The molecule has 1 unspecified atom stereocenters. The van der Waals surface area contributed by atoms with Gasteiger partial charge in [0.05, 0.1) is 6.04 Å². The summed E-state index contributed by atoms with van der Waals surface area (Å²) < 4.78 is 8.07. The van der Waals surface area contributed by atoms with Gasteiger partial charge in [-0.25, -0.2) is 4.79 Å². The molecule has 3 aromatic rings. The Morgan fingerprint density at radius 1 is 1.26 bits per heavy atom. The number of alkyl carbamates (subject to hydrolysis) is 1. The van der Waals surface area contributed by atoms with Crippen LogP contribution in [0.1, 0.15) is 58.5 Å². The van der Waals surface area contributed by atoms with Crippen molar-refractivity contribution in [2.75, 3.05) is 5.75 Å². The van der Waals surface area contributed by atoms with Crippen molar-refractivity contribution in [1.29, 1.82) is 0 Å². The van der Waals surface area contributed by atoms with Crippen molar-refractivity contribution >= 4 is 40.2 Å². The molecule has 0 spiro atoms. The monoisotopic (exact) mass is 459 g/mol. The predicted octanol–water partition coefficient (Wildman–Crippen LogP) is 5.60. The minimum Gasteiger partial charge on any atom is -0.444 e. The number of amides is 1. The second kappa shape index (κ2) is 10.3. The Morgan fingerprint density at radius 2 is 2.00 bits per heavy atom. The fourth-order valence-electron chi connectivity index (χ4n) is 2.91. The number of nitrogens with zero attached hydrogens (tertiary/aromatic N) is 4. The van der Waals surface area contributed by atoms with E-state index >= 15 is 0 Å². The highest BCUT2D eigenvalue weighted by Gasteiger charge is 2.26. The first kappa shape index (κ1) is 23.3. The largest absolute Gasteiger partial charge is 0.444 e. The lowest BCUT2D eigenvalue weighted by molar-refractivity contribution is 0.0494. The zero-order chi connectivity index (χ0) is 22.4. The van der Waals surface area contributed by atoms with Crippen LogP contribution in [0.5, 0.6) is 0 Å². The molecule has 2 heterocycles. The first-order chi connectivity index (χ1) is 14.7. The average molecular weight is 460 g/mol. The lowest BCUT2D eigenvalue weighted by Gasteiger charge is -2.23. The van der Waals surface area contributed by atoms with E-state index in [1.165, 1.54) is 16.9 Å². The van der Waals surface area contributed by atoms with Gasteiger partial charge in [0.2, 0.25) is 4.96 Å². The minimum absolute atomic E-state index is 0.331. The van der Waals surface area contributed by atoms with Crippen LogP contribution in [0.15, 0.2) is 40.7 Å². The van der Waals surface area contributed by atoms with Crippen LogP contribution in [0, 0.1) is 5.92 Å². The van der Waals surface area contributed by atoms with Crippen molar-refractivity contribution in [3.63, 3.8) is 0 Å². The van der Waals surface area contributed by atoms with E-state index in [4.69, 9.17) is 4.74 Å². The lowest BCUT2D eigenvalue weighted by atomic mass is 10.0. The maximum Gasteiger partial charge on any atom is 0.408 e. The van der Waals surface area contributed by atoms with E-state index in [-0.39, 0.29) is 6.04 Å². The van der Waals surface area contributed by atoms with Gasteiger partial charge in [-0.3, -0.25) is 0 Å². The Balaban J connectivity index is 1.70. The Kier molecular flexibility index (Phi) is 7.72. The molecule has 1 N–H and O–H groups in total. The van der Waals surface area contributed by atoms with Gasteiger partial charge >= 0.3 is 6.09 Å². The molecule has 0 aliphatic rings. The molecule has 0 saturated heterocycles. The van der Waals surface area contributed by atoms with Crippen molar-refractivity contribution < 1.29 is 9.53 Å². The second-order valence-electron chi connectivity index (χ2n) is 8.57. The lowest BCUT2D eigenvalue weighted by Crippen LogP contribution is -2.36. The van der Waals surface area contributed by atoms with Gasteiger partial charge in [0.25, 0.3) is 0 Å². The van der Waals surface area contributed by atoms with Gasteiger partial charge in [0, 0.05) is 5.75 Å². The van der Waals surface area contributed by atoms with Crippen molar-refractivity contribution in [1.82, 2.24) is 25.1 Å². The summed E-state index contributed by atoms with van der Waals surface area (Å²) in [5.74, 6) is 1.78. The average Bonchev–Trinajstić information content (AvgIpc) is 3.24. The van der Waals surface area contributed by atoms with Crippen molar-refractivity contribution in [2.24, 2.45) is 5.92 Å². The molecule has 1 amide bonds. The third-order valence-corrected chi connectivity index (χ3v) is 6.10. The predicted molar refractivity (Wildman–Crippen MR) is 126 cm³/mol. The normalized spacial score (nSPS) is 13.2. The van der Waals surface area contributed by atoms with E-state index in [0.29, 0.717) is 23.1 Å². The van der Waals surface area contributed by atoms with Gasteiger partial charge in [-0.15, -0.1) is 15.3 Å². The molecular weight excluding hydrogens is 430 g/mol. The van der Waals surface area contributed by atoms with Gasteiger partial charge in [0.1, 0.15) is 5.60 Å². The third kappa shape index (κ3) is 7.07. The summed E-state index contributed by atoms with van der Waals surface area (Å²) in [6.45, 7) is 9.73. The van der Waals surface area contributed by atoms with Gasteiger partial charge in [0.15, 0.2) is 10.2 Å². The summed E-state index contributed by atoms with van der Waals surface area (Å²) in [6, 6.07) is 9.87. The summed E-state index contributed by atoms with van der Waals surface area (Å²) in [6.07, 6.45) is 4.46. The topological polar surface area (TPSA) is 81.4 Å². The number of carbonyl (C=O) groups is 1. The molecule has 9 heteroatoms. The van der Waals surface area contributed by atoms with Crippen LogP contribution < -0.4 is 5.32 Å². The van der Waals surface area contributed by atoms with Gasteiger partial charge < -0.3 is 10.1 Å². The summed E-state index contributed by atoms with van der Waals surface area (Å²) in [5, 5.41) is 16.2. The zero-order valence-corrected chi connectivity index (χ0v) is 20.2. The maximum absolute atomic E-state index is 12.4. The van der Waals surface area contributed by atoms with Crippen LogP contribution in [-0.4, -0.2) is 37.3 Å². The molecule has 0 radical (unpaired) electrons. The number of ether oxygens (including phenoxy) is 1. The van der Waals surface area contributed by atoms with E-state index in [9.17, 15) is 4.79 Å². The van der Waals surface area contributed by atoms with Crippen molar-refractivity contribution in [3.8, 4) is 0 Å². The summed E-state index contributed by atoms with van der Waals surface area (Å²) in [4.78, 5) is 13.1. The summed E-state index contributed by atoms with van der Waals surface area (Å²) in [5.41, 5.74) is 0.609. The molecule has 1 aromatic carbocycles. The van der Waals surface area contributed by atoms with Crippen LogP contribution >= 0.6 is 23.1 Å². The fourth-order valence-corrected chi connectivity index (χ4v) is 4.63. The molecule has 166 valence electrons. The molecular formula is C22H29N5O2S2. The Hall–Kier alpha value is -2.39. The third-order valence-electron chi connectivity index (χ3n) is 4.12. The molecule has 1 atom stereocenters. The van der Waals surface area contributed by atoms with E-state index in [0.717, 1.165) is 10.1 Å². The number of carbonyl (C=O) groups excluding carboxylic acids is 1. The minimum atomic E-state index is -0.565. The number of aromatic nitrogens is 4. The molecule has 0 aliphatic heterocycles. The molecule has 0 saturated carbocycles. The highest BCUT2D eigenvalue weighted by Crippen LogP contribution is 2.28. The van der Waals surface area contributed by atoms with Gasteiger partial charge in [-0.1, -0.05) is 79.4 Å². The molecule has 3 rings (SSSR count). The molecule has 0 aliphatic carbocycles. The zero-order valence-electron chi connectivity index (χ0n) is 18.5. The fraction of sp³-hybridized carbons (Fsp3) is 0.455. The Bertz CT molecular complexity index is 1020. The van der Waals surface area contributed by atoms with E-state index in [1.54, 1.807) is 16.3 Å². The van der Waals surface area contributed by atoms with Crippen LogP contribution in [-0.2, 0) is 4.74 Å². The van der Waals surface area contributed by atoms with Gasteiger partial charge in [-0.2, -0.15) is 4.52 Å². The summed E-state index contributed by atoms with van der Waals surface area (Å²) in [7, 11) is 0. The molecule has 0 bridgehead atoms.